The molecule has 150 valence electrons. The first-order valence-corrected chi connectivity index (χ1v) is 11.5. The third-order valence-corrected chi connectivity index (χ3v) is 7.97. The largest absolute Gasteiger partial charge is 0.531 e. The molecule has 0 spiro atoms. The van der Waals surface area contributed by atoms with E-state index in [9.17, 15) is 0 Å². The Morgan fingerprint density at radius 2 is 1.48 bits per heavy atom. The molecule has 2 unspecified atom stereocenters. The maximum absolute atomic E-state index is 6.03. The fourth-order valence-corrected chi connectivity index (χ4v) is 6.36. The molecular weight excluding hydrogens is 340 g/mol. The van der Waals surface area contributed by atoms with Gasteiger partial charge in [-0.1, -0.05) is 6.92 Å². The Hall–Kier alpha value is -0.0231. The van der Waals surface area contributed by atoms with Gasteiger partial charge in [0.1, 0.15) is 5.73 Å². The number of methoxy groups -OCH3 is 1. The normalized spacial score (nSPS) is 19.4. The monoisotopic (exact) mass is 378 g/mol. The van der Waals surface area contributed by atoms with Crippen molar-refractivity contribution in [3.63, 3.8) is 0 Å². The van der Waals surface area contributed by atoms with Crippen molar-refractivity contribution < 1.29 is 27.5 Å². The standard InChI is InChI=1S/C18H38O6Si/c1-7-21-17(25(22-8-2,23-9-3)24-10-4)13-11-12-16(19-6)18(5)14-20-15-18/h16-17H,7-15H2,1-6H3. The first-order valence-electron chi connectivity index (χ1n) is 9.65. The van der Waals surface area contributed by atoms with Gasteiger partial charge in [-0.05, 0) is 47.0 Å². The van der Waals surface area contributed by atoms with Gasteiger partial charge in [0.25, 0.3) is 0 Å². The summed E-state index contributed by atoms with van der Waals surface area (Å²) in [6.45, 7) is 14.0. The van der Waals surface area contributed by atoms with E-state index in [4.69, 9.17) is 27.5 Å². The minimum Gasteiger partial charge on any atom is -0.381 e. The van der Waals surface area contributed by atoms with Gasteiger partial charge in [0.2, 0.25) is 0 Å². The highest BCUT2D eigenvalue weighted by Gasteiger charge is 2.50. The Kier molecular flexibility index (Phi) is 10.7. The Bertz CT molecular complexity index is 333. The van der Waals surface area contributed by atoms with Gasteiger partial charge in [0, 0.05) is 39.0 Å². The summed E-state index contributed by atoms with van der Waals surface area (Å²) in [6.07, 6.45) is 2.98. The zero-order valence-electron chi connectivity index (χ0n) is 17.0. The van der Waals surface area contributed by atoms with Crippen molar-refractivity contribution in [3.05, 3.63) is 0 Å². The second-order valence-corrected chi connectivity index (χ2v) is 9.37. The van der Waals surface area contributed by atoms with E-state index in [2.05, 4.69) is 6.92 Å². The molecule has 1 saturated heterocycles. The molecule has 0 aromatic heterocycles. The van der Waals surface area contributed by atoms with Gasteiger partial charge in [-0.2, -0.15) is 0 Å². The molecule has 1 aliphatic rings. The molecule has 0 saturated carbocycles. The molecule has 7 heteroatoms. The van der Waals surface area contributed by atoms with Crippen molar-refractivity contribution in [1.29, 1.82) is 0 Å². The molecule has 0 N–H and O–H groups in total. The Balaban J connectivity index is 2.71. The SMILES string of the molecule is CCOC(CCCC(OC)C1(C)COC1)[Si](OCC)(OCC)OCC. The summed E-state index contributed by atoms with van der Waals surface area (Å²) in [7, 11) is -1.07. The summed E-state index contributed by atoms with van der Waals surface area (Å²) in [5.74, 6) is 0. The van der Waals surface area contributed by atoms with E-state index < -0.39 is 8.80 Å². The number of ether oxygens (including phenoxy) is 3. The van der Waals surface area contributed by atoms with Crippen molar-refractivity contribution >= 4 is 8.80 Å². The van der Waals surface area contributed by atoms with Crippen LogP contribution in [0.1, 0.15) is 53.9 Å². The predicted octanol–water partition coefficient (Wildman–Crippen LogP) is 3.20. The molecule has 1 heterocycles. The van der Waals surface area contributed by atoms with Gasteiger partial charge in [-0.25, -0.2) is 0 Å². The van der Waals surface area contributed by atoms with Crippen molar-refractivity contribution in [2.24, 2.45) is 5.41 Å². The van der Waals surface area contributed by atoms with Crippen LogP contribution in [-0.2, 0) is 27.5 Å². The topological polar surface area (TPSA) is 55.4 Å². The smallest absolute Gasteiger partial charge is 0.381 e. The van der Waals surface area contributed by atoms with Gasteiger partial charge in [-0.15, -0.1) is 0 Å². The number of rotatable bonds is 15. The average Bonchev–Trinajstić information content (AvgIpc) is 2.56. The van der Waals surface area contributed by atoms with Crippen LogP contribution in [0.2, 0.25) is 0 Å². The predicted molar refractivity (Wildman–Crippen MR) is 99.6 cm³/mol. The Labute approximate surface area is 154 Å². The molecule has 1 rings (SSSR count). The second kappa shape index (κ2) is 11.6. The number of hydrogen-bond acceptors (Lipinski definition) is 6. The molecule has 0 aliphatic carbocycles. The van der Waals surface area contributed by atoms with E-state index in [-0.39, 0.29) is 17.2 Å². The third-order valence-electron chi connectivity index (χ3n) is 4.66. The summed E-state index contributed by atoms with van der Waals surface area (Å²) in [5.41, 5.74) is -0.00951. The summed E-state index contributed by atoms with van der Waals surface area (Å²) in [6, 6.07) is 0. The van der Waals surface area contributed by atoms with Gasteiger partial charge in [-0.3, -0.25) is 0 Å². The maximum atomic E-state index is 6.03. The van der Waals surface area contributed by atoms with Crippen molar-refractivity contribution in [1.82, 2.24) is 0 Å². The summed E-state index contributed by atoms with van der Waals surface area (Å²) in [5, 5.41) is 0. The van der Waals surface area contributed by atoms with E-state index in [1.54, 1.807) is 7.11 Å². The van der Waals surface area contributed by atoms with E-state index in [0.29, 0.717) is 26.4 Å². The number of hydrogen-bond donors (Lipinski definition) is 0. The molecule has 1 fully saturated rings. The van der Waals surface area contributed by atoms with Crippen LogP contribution in [0, 0.1) is 5.41 Å². The lowest BCUT2D eigenvalue weighted by atomic mass is 9.80. The van der Waals surface area contributed by atoms with Gasteiger partial charge in [0.15, 0.2) is 0 Å². The second-order valence-electron chi connectivity index (χ2n) is 6.65. The maximum Gasteiger partial charge on any atom is 0.531 e. The first-order chi connectivity index (χ1) is 12.0. The zero-order chi connectivity index (χ0) is 18.8. The minimum atomic E-state index is -2.86. The molecule has 0 amide bonds. The molecule has 0 radical (unpaired) electrons. The van der Waals surface area contributed by atoms with Gasteiger partial charge in [0.05, 0.1) is 19.3 Å². The average molecular weight is 379 g/mol. The van der Waals surface area contributed by atoms with Crippen molar-refractivity contribution in [3.8, 4) is 0 Å². The molecule has 6 nitrogen and oxygen atoms in total. The van der Waals surface area contributed by atoms with Crippen LogP contribution < -0.4 is 0 Å². The highest BCUT2D eigenvalue weighted by molar-refractivity contribution is 6.62. The van der Waals surface area contributed by atoms with E-state index >= 15 is 0 Å². The van der Waals surface area contributed by atoms with Crippen LogP contribution in [0.3, 0.4) is 0 Å². The van der Waals surface area contributed by atoms with E-state index in [1.165, 1.54) is 0 Å². The van der Waals surface area contributed by atoms with Gasteiger partial charge < -0.3 is 27.5 Å². The lowest BCUT2D eigenvalue weighted by Crippen LogP contribution is -2.57. The van der Waals surface area contributed by atoms with E-state index in [1.807, 2.05) is 27.7 Å². The molecule has 2 atom stereocenters. The fraction of sp³-hybridized carbons (Fsp3) is 1.00. The van der Waals surface area contributed by atoms with Gasteiger partial charge >= 0.3 is 8.80 Å². The summed E-state index contributed by atoms with van der Waals surface area (Å²) < 4.78 is 35.2. The molecule has 0 aromatic carbocycles. The lowest BCUT2D eigenvalue weighted by Gasteiger charge is -2.44. The minimum absolute atomic E-state index is 0.129. The van der Waals surface area contributed by atoms with Crippen LogP contribution in [-0.4, -0.2) is 67.4 Å². The third kappa shape index (κ3) is 6.27. The molecule has 0 bridgehead atoms. The van der Waals surface area contributed by atoms with E-state index in [0.717, 1.165) is 32.5 Å². The molecule has 25 heavy (non-hydrogen) atoms. The van der Waals surface area contributed by atoms with Crippen LogP contribution in [0.5, 0.6) is 0 Å². The fourth-order valence-electron chi connectivity index (χ4n) is 3.42. The Morgan fingerprint density at radius 1 is 0.920 bits per heavy atom. The molecular formula is C18H38O6Si. The quantitative estimate of drug-likeness (QED) is 0.408. The summed E-state index contributed by atoms with van der Waals surface area (Å²) in [4.78, 5) is 0. The first kappa shape index (κ1) is 23.0. The molecule has 0 aromatic rings. The highest BCUT2D eigenvalue weighted by Crippen LogP contribution is 2.35. The highest BCUT2D eigenvalue weighted by atomic mass is 28.4. The summed E-state index contributed by atoms with van der Waals surface area (Å²) >= 11 is 0. The van der Waals surface area contributed by atoms with Crippen LogP contribution >= 0.6 is 0 Å². The lowest BCUT2D eigenvalue weighted by molar-refractivity contribution is -0.172. The van der Waals surface area contributed by atoms with Crippen LogP contribution in [0.15, 0.2) is 0 Å². The van der Waals surface area contributed by atoms with Crippen LogP contribution in [0.25, 0.3) is 0 Å². The Morgan fingerprint density at radius 3 is 1.84 bits per heavy atom. The molecule has 1 aliphatic heterocycles. The van der Waals surface area contributed by atoms with Crippen molar-refractivity contribution in [2.45, 2.75) is 65.7 Å². The van der Waals surface area contributed by atoms with Crippen molar-refractivity contribution in [2.75, 3.05) is 46.8 Å². The zero-order valence-corrected chi connectivity index (χ0v) is 18.0. The van der Waals surface area contributed by atoms with Crippen LogP contribution in [0.4, 0.5) is 0 Å².